The minimum atomic E-state index is 0.0412. The van der Waals surface area contributed by atoms with Crippen LogP contribution in [0.5, 0.6) is 5.75 Å². The molecule has 1 aliphatic heterocycles. The van der Waals surface area contributed by atoms with E-state index in [-0.39, 0.29) is 11.8 Å². The van der Waals surface area contributed by atoms with Gasteiger partial charge in [-0.2, -0.15) is 16.7 Å². The molecule has 2 aromatic carbocycles. The zero-order valence-electron chi connectivity index (χ0n) is 19.5. The summed E-state index contributed by atoms with van der Waals surface area (Å²) in [5.41, 5.74) is 1.93. The number of methoxy groups -OCH3 is 1. The highest BCUT2D eigenvalue weighted by Crippen LogP contribution is 2.25. The highest BCUT2D eigenvalue weighted by atomic mass is 35.5. The van der Waals surface area contributed by atoms with E-state index in [0.717, 1.165) is 54.3 Å². The lowest BCUT2D eigenvalue weighted by molar-refractivity contribution is -0.126. The molecule has 0 unspecified atom stereocenters. The zero-order valence-corrected chi connectivity index (χ0v) is 21.8. The van der Waals surface area contributed by atoms with Crippen LogP contribution in [0.15, 0.2) is 47.0 Å². The number of amides is 1. The Labute approximate surface area is 219 Å². The van der Waals surface area contributed by atoms with Gasteiger partial charge in [0.05, 0.1) is 13.7 Å². The fraction of sp³-hybridized carbons (Fsp3) is 0.400. The Kier molecular flexibility index (Phi) is 9.31. The second-order valence-electron chi connectivity index (χ2n) is 8.37. The molecule has 10 heteroatoms. The standard InChI is InChI=1S/C25H28Cl2N4O3S/c1-33-21-6-3-17(4-7-21)24-29-23(34-30-24)15-31-11-8-18(9-12-31)25(32)28-10-13-35-16-19-2-5-20(26)14-22(19)27/h2-7,14,18H,8-13,15-16H2,1H3,(H,28,32). The van der Waals surface area contributed by atoms with Gasteiger partial charge in [0.2, 0.25) is 17.6 Å². The van der Waals surface area contributed by atoms with E-state index in [4.69, 9.17) is 32.5 Å². The van der Waals surface area contributed by atoms with Crippen molar-refractivity contribution in [1.29, 1.82) is 0 Å². The molecule has 2 heterocycles. The fourth-order valence-electron chi connectivity index (χ4n) is 3.93. The van der Waals surface area contributed by atoms with Crippen LogP contribution in [0.2, 0.25) is 10.0 Å². The SMILES string of the molecule is COc1ccc(-c2noc(CN3CCC(C(=O)NCCSCc4ccc(Cl)cc4Cl)CC3)n2)cc1. The van der Waals surface area contributed by atoms with Gasteiger partial charge >= 0.3 is 0 Å². The summed E-state index contributed by atoms with van der Waals surface area (Å²) in [6, 6.07) is 13.1. The molecule has 0 radical (unpaired) electrons. The van der Waals surface area contributed by atoms with Gasteiger partial charge in [0.1, 0.15) is 5.75 Å². The maximum atomic E-state index is 12.6. The number of rotatable bonds is 10. The molecular formula is C25H28Cl2N4O3S. The van der Waals surface area contributed by atoms with Crippen LogP contribution in [0.25, 0.3) is 11.4 Å². The van der Waals surface area contributed by atoms with Gasteiger partial charge in [0, 0.05) is 39.6 Å². The third-order valence-corrected chi connectivity index (χ3v) is 7.55. The normalized spacial score (nSPS) is 14.7. The van der Waals surface area contributed by atoms with Crippen LogP contribution < -0.4 is 10.1 Å². The maximum absolute atomic E-state index is 12.6. The number of nitrogens with zero attached hydrogens (tertiary/aromatic N) is 3. The summed E-state index contributed by atoms with van der Waals surface area (Å²) in [5, 5.41) is 8.48. The van der Waals surface area contributed by atoms with Crippen LogP contribution in [-0.4, -0.2) is 53.4 Å². The van der Waals surface area contributed by atoms with Crippen molar-refractivity contribution in [1.82, 2.24) is 20.4 Å². The summed E-state index contributed by atoms with van der Waals surface area (Å²) in [4.78, 5) is 19.3. The average Bonchev–Trinajstić information content (AvgIpc) is 3.34. The Hall–Kier alpha value is -2.26. The van der Waals surface area contributed by atoms with Crippen LogP contribution >= 0.6 is 35.0 Å². The van der Waals surface area contributed by atoms with Crippen molar-refractivity contribution in [2.75, 3.05) is 32.5 Å². The Bertz CT molecular complexity index is 1120. The van der Waals surface area contributed by atoms with Gasteiger partial charge in [-0.05, 0) is 67.9 Å². The van der Waals surface area contributed by atoms with Crippen LogP contribution in [0.1, 0.15) is 24.3 Å². The molecule has 1 N–H and O–H groups in total. The Balaban J connectivity index is 1.14. The van der Waals surface area contributed by atoms with E-state index in [1.165, 1.54) is 0 Å². The molecule has 4 rings (SSSR count). The van der Waals surface area contributed by atoms with E-state index in [2.05, 4.69) is 20.4 Å². The molecule has 0 bridgehead atoms. The lowest BCUT2D eigenvalue weighted by atomic mass is 9.96. The first-order chi connectivity index (χ1) is 17.0. The van der Waals surface area contributed by atoms with Crippen molar-refractivity contribution >= 4 is 40.9 Å². The van der Waals surface area contributed by atoms with E-state index in [1.807, 2.05) is 36.4 Å². The summed E-state index contributed by atoms with van der Waals surface area (Å²) in [6.45, 7) is 2.87. The molecule has 3 aromatic rings. The Morgan fingerprint density at radius 1 is 1.20 bits per heavy atom. The number of nitrogens with one attached hydrogen (secondary N) is 1. The Morgan fingerprint density at radius 3 is 2.69 bits per heavy atom. The van der Waals surface area contributed by atoms with Crippen LogP contribution in [0, 0.1) is 5.92 Å². The second-order valence-corrected chi connectivity index (χ2v) is 10.3. The molecule has 1 saturated heterocycles. The highest BCUT2D eigenvalue weighted by Gasteiger charge is 2.25. The van der Waals surface area contributed by atoms with Gasteiger partial charge in [0.15, 0.2) is 0 Å². The minimum Gasteiger partial charge on any atom is -0.497 e. The van der Waals surface area contributed by atoms with E-state index >= 15 is 0 Å². The summed E-state index contributed by atoms with van der Waals surface area (Å²) >= 11 is 13.9. The van der Waals surface area contributed by atoms with Crippen molar-refractivity contribution in [3.8, 4) is 17.1 Å². The molecule has 0 aliphatic carbocycles. The molecule has 0 spiro atoms. The second kappa shape index (κ2) is 12.6. The smallest absolute Gasteiger partial charge is 0.241 e. The molecule has 7 nitrogen and oxygen atoms in total. The molecule has 1 amide bonds. The predicted molar refractivity (Wildman–Crippen MR) is 140 cm³/mol. The van der Waals surface area contributed by atoms with Gasteiger partial charge in [-0.3, -0.25) is 9.69 Å². The number of thioether (sulfide) groups is 1. The van der Waals surface area contributed by atoms with Crippen molar-refractivity contribution in [3.05, 3.63) is 64.0 Å². The lowest BCUT2D eigenvalue weighted by Crippen LogP contribution is -2.40. The first-order valence-corrected chi connectivity index (χ1v) is 13.4. The number of ether oxygens (including phenoxy) is 1. The van der Waals surface area contributed by atoms with Crippen molar-refractivity contribution in [2.45, 2.75) is 25.1 Å². The number of hydrogen-bond acceptors (Lipinski definition) is 7. The summed E-state index contributed by atoms with van der Waals surface area (Å²) in [6.07, 6.45) is 1.64. The lowest BCUT2D eigenvalue weighted by Gasteiger charge is -2.30. The van der Waals surface area contributed by atoms with E-state index in [9.17, 15) is 4.79 Å². The number of halogens is 2. The molecular weight excluding hydrogens is 507 g/mol. The molecule has 0 atom stereocenters. The van der Waals surface area contributed by atoms with E-state index < -0.39 is 0 Å². The summed E-state index contributed by atoms with van der Waals surface area (Å²) in [5.74, 6) is 3.72. The zero-order chi connectivity index (χ0) is 24.6. The number of likely N-dealkylation sites (tertiary alicyclic amines) is 1. The Morgan fingerprint density at radius 2 is 1.97 bits per heavy atom. The number of carbonyl (C=O) groups excluding carboxylic acids is 1. The number of carbonyl (C=O) groups is 1. The van der Waals surface area contributed by atoms with Crippen LogP contribution in [-0.2, 0) is 17.1 Å². The third-order valence-electron chi connectivity index (χ3n) is 5.95. The molecule has 1 fully saturated rings. The largest absolute Gasteiger partial charge is 0.497 e. The molecule has 186 valence electrons. The first kappa shape index (κ1) is 25.8. The quantitative estimate of drug-likeness (QED) is 0.352. The number of hydrogen-bond donors (Lipinski definition) is 1. The first-order valence-electron chi connectivity index (χ1n) is 11.5. The van der Waals surface area contributed by atoms with E-state index in [0.29, 0.717) is 34.8 Å². The topological polar surface area (TPSA) is 80.5 Å². The minimum absolute atomic E-state index is 0.0412. The number of benzene rings is 2. The van der Waals surface area contributed by atoms with Crippen LogP contribution in [0.4, 0.5) is 0 Å². The fourth-order valence-corrected chi connectivity index (χ4v) is 5.35. The molecule has 0 saturated carbocycles. The van der Waals surface area contributed by atoms with Gasteiger partial charge in [-0.15, -0.1) is 0 Å². The average molecular weight is 535 g/mol. The highest BCUT2D eigenvalue weighted by molar-refractivity contribution is 7.98. The van der Waals surface area contributed by atoms with E-state index in [1.54, 1.807) is 24.9 Å². The maximum Gasteiger partial charge on any atom is 0.241 e. The summed E-state index contributed by atoms with van der Waals surface area (Å²) in [7, 11) is 1.63. The van der Waals surface area contributed by atoms with Gasteiger partial charge in [0.25, 0.3) is 0 Å². The van der Waals surface area contributed by atoms with Crippen molar-refractivity contribution < 1.29 is 14.1 Å². The summed E-state index contributed by atoms with van der Waals surface area (Å²) < 4.78 is 10.6. The predicted octanol–water partition coefficient (Wildman–Crippen LogP) is 5.31. The molecule has 1 aliphatic rings. The van der Waals surface area contributed by atoms with Crippen molar-refractivity contribution in [3.63, 3.8) is 0 Å². The third kappa shape index (κ3) is 7.36. The van der Waals surface area contributed by atoms with Crippen LogP contribution in [0.3, 0.4) is 0 Å². The number of piperidine rings is 1. The van der Waals surface area contributed by atoms with Gasteiger partial charge in [-0.25, -0.2) is 0 Å². The monoisotopic (exact) mass is 534 g/mol. The molecule has 35 heavy (non-hydrogen) atoms. The van der Waals surface area contributed by atoms with Gasteiger partial charge in [-0.1, -0.05) is 34.4 Å². The van der Waals surface area contributed by atoms with Gasteiger partial charge < -0.3 is 14.6 Å². The van der Waals surface area contributed by atoms with Crippen molar-refractivity contribution in [2.24, 2.45) is 5.92 Å². The molecule has 1 aromatic heterocycles. The number of aromatic nitrogens is 2.